The molecule has 1 aromatic rings. The summed E-state index contributed by atoms with van der Waals surface area (Å²) in [6.07, 6.45) is -7.30. The number of rotatable bonds is 3. The van der Waals surface area contributed by atoms with Crippen LogP contribution in [-0.2, 0) is 4.74 Å². The molecule has 3 N–H and O–H groups in total. The fourth-order valence-corrected chi connectivity index (χ4v) is 1.98. The fourth-order valence-electron chi connectivity index (χ4n) is 1.98. The lowest BCUT2D eigenvalue weighted by molar-refractivity contribution is -0.171. The first kappa shape index (κ1) is 14.7. The van der Waals surface area contributed by atoms with Gasteiger partial charge < -0.3 is 15.6 Å². The molecule has 3 atom stereocenters. The van der Waals surface area contributed by atoms with Crippen molar-refractivity contribution in [2.75, 3.05) is 12.3 Å². The van der Waals surface area contributed by atoms with Gasteiger partial charge in [-0.05, 0) is 0 Å². The van der Waals surface area contributed by atoms with Crippen LogP contribution in [0.15, 0.2) is 11.0 Å². The molecule has 0 unspecified atom stereocenters. The summed E-state index contributed by atoms with van der Waals surface area (Å²) in [7, 11) is 0. The van der Waals surface area contributed by atoms with Crippen LogP contribution in [0.3, 0.4) is 0 Å². The number of hydrogen-bond donors (Lipinski definition) is 2. The number of ether oxygens (including phenoxy) is 1. The number of halogens is 4. The molecule has 0 saturated carbocycles. The van der Waals surface area contributed by atoms with E-state index in [0.29, 0.717) is 10.8 Å². The van der Waals surface area contributed by atoms with Gasteiger partial charge in [0.05, 0.1) is 12.8 Å². The Labute approximate surface area is 109 Å². The number of aromatic nitrogens is 2. The van der Waals surface area contributed by atoms with Gasteiger partial charge in [-0.2, -0.15) is 4.98 Å². The van der Waals surface area contributed by atoms with E-state index in [2.05, 4.69) is 4.98 Å². The maximum atomic E-state index is 13.8. The van der Waals surface area contributed by atoms with Gasteiger partial charge in [-0.1, -0.05) is 0 Å². The topological polar surface area (TPSA) is 90.4 Å². The van der Waals surface area contributed by atoms with E-state index in [1.165, 1.54) is 0 Å². The first-order valence-corrected chi connectivity index (χ1v) is 5.56. The number of nitrogens with two attached hydrogens (primary N) is 1. The zero-order valence-corrected chi connectivity index (χ0v) is 9.97. The molecule has 1 fully saturated rings. The molecule has 0 aromatic carbocycles. The summed E-state index contributed by atoms with van der Waals surface area (Å²) in [5.74, 6) is -1.80. The zero-order chi connectivity index (χ0) is 15.1. The molecular weight excluding hydrogens is 286 g/mol. The number of anilines is 1. The Morgan fingerprint density at radius 1 is 1.65 bits per heavy atom. The molecule has 2 rings (SSSR count). The maximum Gasteiger partial charge on any atom is 0.351 e. The molecule has 2 heterocycles. The van der Waals surface area contributed by atoms with Crippen molar-refractivity contribution in [2.24, 2.45) is 0 Å². The van der Waals surface area contributed by atoms with E-state index in [-0.39, 0.29) is 0 Å². The summed E-state index contributed by atoms with van der Waals surface area (Å²) < 4.78 is 57.9. The number of nitrogens with zero attached hydrogens (tertiary/aromatic N) is 2. The second-order valence-corrected chi connectivity index (χ2v) is 4.42. The van der Waals surface area contributed by atoms with Crippen molar-refractivity contribution in [2.45, 2.75) is 30.8 Å². The molecule has 1 aromatic heterocycles. The Hall–Kier alpha value is -1.68. The lowest BCUT2D eigenvalue weighted by Crippen LogP contribution is -2.41. The second kappa shape index (κ2) is 5.02. The third-order valence-corrected chi connectivity index (χ3v) is 3.08. The summed E-state index contributed by atoms with van der Waals surface area (Å²) in [6, 6.07) is 0. The monoisotopic (exact) mass is 297 g/mol. The zero-order valence-electron chi connectivity index (χ0n) is 9.97. The summed E-state index contributed by atoms with van der Waals surface area (Å²) in [5, 5.41) is 8.97. The first-order valence-electron chi connectivity index (χ1n) is 5.56. The SMILES string of the molecule is Nc1nc(=O)n([C@@H]2O[C@@](CO)(C(F)F)C[C@H]2F)cc1F. The van der Waals surface area contributed by atoms with Gasteiger partial charge in [0.1, 0.15) is 6.17 Å². The highest BCUT2D eigenvalue weighted by molar-refractivity contribution is 5.26. The number of hydrogen-bond acceptors (Lipinski definition) is 5. The van der Waals surface area contributed by atoms with Gasteiger partial charge in [0.2, 0.25) is 0 Å². The third-order valence-electron chi connectivity index (χ3n) is 3.08. The summed E-state index contributed by atoms with van der Waals surface area (Å²) in [5.41, 5.74) is 1.49. The molecule has 1 saturated heterocycles. The van der Waals surface area contributed by atoms with E-state index in [1.54, 1.807) is 0 Å². The van der Waals surface area contributed by atoms with Crippen molar-refractivity contribution in [3.05, 3.63) is 22.5 Å². The minimum absolute atomic E-state index is 0.399. The minimum atomic E-state index is -3.17. The van der Waals surface area contributed by atoms with Gasteiger partial charge >= 0.3 is 5.69 Å². The summed E-state index contributed by atoms with van der Waals surface area (Å²) in [6.45, 7) is -1.14. The Kier molecular flexibility index (Phi) is 3.69. The van der Waals surface area contributed by atoms with Crippen LogP contribution in [0.2, 0.25) is 0 Å². The van der Waals surface area contributed by atoms with Crippen LogP contribution in [0.5, 0.6) is 0 Å². The normalized spacial score (nSPS) is 30.1. The fraction of sp³-hybridized carbons (Fsp3) is 0.600. The average molecular weight is 297 g/mol. The molecule has 10 heteroatoms. The number of nitrogen functional groups attached to an aromatic ring is 1. The largest absolute Gasteiger partial charge is 0.393 e. The highest BCUT2D eigenvalue weighted by Crippen LogP contribution is 2.41. The number of alkyl halides is 3. The van der Waals surface area contributed by atoms with E-state index in [1.807, 2.05) is 0 Å². The smallest absolute Gasteiger partial charge is 0.351 e. The summed E-state index contributed by atoms with van der Waals surface area (Å²) in [4.78, 5) is 14.6. The first-order chi connectivity index (χ1) is 9.30. The van der Waals surface area contributed by atoms with Gasteiger partial charge in [0, 0.05) is 6.42 Å². The molecule has 0 bridgehead atoms. The number of aliphatic hydroxyl groups excluding tert-OH is 1. The highest BCUT2D eigenvalue weighted by atomic mass is 19.3. The lowest BCUT2D eigenvalue weighted by Gasteiger charge is -2.25. The lowest BCUT2D eigenvalue weighted by atomic mass is 10.0. The van der Waals surface area contributed by atoms with E-state index in [4.69, 9.17) is 15.6 Å². The Balaban J connectivity index is 2.40. The van der Waals surface area contributed by atoms with Gasteiger partial charge in [0.25, 0.3) is 6.43 Å². The van der Waals surface area contributed by atoms with Crippen LogP contribution in [-0.4, -0.2) is 39.5 Å². The predicted octanol–water partition coefficient (Wildman–Crippen LogP) is 0.218. The van der Waals surface area contributed by atoms with Crippen molar-refractivity contribution in [1.29, 1.82) is 0 Å². The van der Waals surface area contributed by atoms with Crippen molar-refractivity contribution < 1.29 is 27.4 Å². The second-order valence-electron chi connectivity index (χ2n) is 4.42. The van der Waals surface area contributed by atoms with Crippen molar-refractivity contribution in [3.8, 4) is 0 Å². The minimum Gasteiger partial charge on any atom is -0.393 e. The Morgan fingerprint density at radius 2 is 2.30 bits per heavy atom. The van der Waals surface area contributed by atoms with Crippen LogP contribution in [0.4, 0.5) is 23.4 Å². The van der Waals surface area contributed by atoms with Gasteiger partial charge in [-0.25, -0.2) is 22.4 Å². The van der Waals surface area contributed by atoms with Crippen LogP contribution in [0.25, 0.3) is 0 Å². The van der Waals surface area contributed by atoms with Crippen molar-refractivity contribution in [1.82, 2.24) is 9.55 Å². The average Bonchev–Trinajstić information content (AvgIpc) is 2.72. The maximum absolute atomic E-state index is 13.8. The highest BCUT2D eigenvalue weighted by Gasteiger charge is 2.53. The molecule has 0 spiro atoms. The van der Waals surface area contributed by atoms with Crippen LogP contribution in [0.1, 0.15) is 12.6 Å². The van der Waals surface area contributed by atoms with Gasteiger partial charge in [-0.15, -0.1) is 0 Å². The Bertz CT molecular complexity index is 567. The predicted molar refractivity (Wildman–Crippen MR) is 58.3 cm³/mol. The van der Waals surface area contributed by atoms with Crippen LogP contribution >= 0.6 is 0 Å². The van der Waals surface area contributed by atoms with E-state index < -0.39 is 54.8 Å². The molecule has 0 aliphatic carbocycles. The molecule has 6 nitrogen and oxygen atoms in total. The van der Waals surface area contributed by atoms with Crippen LogP contribution in [0, 0.1) is 5.82 Å². The molecular formula is C10H11F4N3O3. The number of aliphatic hydroxyl groups is 1. The molecule has 20 heavy (non-hydrogen) atoms. The standard InChI is InChI=1S/C10H11F4N3O3/c11-4-1-10(3-18,8(13)14)20-7(4)17-2-5(12)6(15)16-9(17)19/h2,4,7-8,18H,1,3H2,(H2,15,16,19)/t4-,7-,10+/m1/s1. The molecule has 112 valence electrons. The van der Waals surface area contributed by atoms with Crippen molar-refractivity contribution >= 4 is 5.82 Å². The molecule has 0 amide bonds. The van der Waals surface area contributed by atoms with E-state index >= 15 is 0 Å². The molecule has 1 aliphatic rings. The molecule has 0 radical (unpaired) electrons. The third kappa shape index (κ3) is 2.24. The van der Waals surface area contributed by atoms with Gasteiger partial charge in [0.15, 0.2) is 23.5 Å². The van der Waals surface area contributed by atoms with Crippen LogP contribution < -0.4 is 11.4 Å². The quantitative estimate of drug-likeness (QED) is 0.779. The molecule has 1 aliphatic heterocycles. The van der Waals surface area contributed by atoms with E-state index in [9.17, 15) is 22.4 Å². The summed E-state index contributed by atoms with van der Waals surface area (Å²) >= 11 is 0. The Morgan fingerprint density at radius 3 is 2.80 bits per heavy atom. The van der Waals surface area contributed by atoms with Crippen molar-refractivity contribution in [3.63, 3.8) is 0 Å². The van der Waals surface area contributed by atoms with Gasteiger partial charge in [-0.3, -0.25) is 4.57 Å². The van der Waals surface area contributed by atoms with E-state index in [0.717, 1.165) is 0 Å².